The second-order valence-corrected chi connectivity index (χ2v) is 11.8. The molecular formula is C29H29BF3N3O6S. The van der Waals surface area contributed by atoms with Crippen LogP contribution >= 0.6 is 0 Å². The number of aryl methyl sites for hydroxylation is 1. The molecule has 3 aromatic carbocycles. The molecule has 0 bridgehead atoms. The Kier molecular flexibility index (Phi) is 9.33. The van der Waals surface area contributed by atoms with Crippen molar-refractivity contribution >= 4 is 23.1 Å². The van der Waals surface area contributed by atoms with E-state index >= 15 is 0 Å². The summed E-state index contributed by atoms with van der Waals surface area (Å²) in [7, 11) is -6.46. The molecule has 1 heterocycles. The maximum atomic E-state index is 13.2. The predicted molar refractivity (Wildman–Crippen MR) is 154 cm³/mol. The molecule has 1 aromatic heterocycles. The van der Waals surface area contributed by atoms with Crippen LogP contribution in [0.1, 0.15) is 25.0 Å². The summed E-state index contributed by atoms with van der Waals surface area (Å²) < 4.78 is 72.4. The molecule has 4 aromatic rings. The average Bonchev–Trinajstić information content (AvgIpc) is 3.34. The molecule has 43 heavy (non-hydrogen) atoms. The first kappa shape index (κ1) is 31.8. The van der Waals surface area contributed by atoms with Gasteiger partial charge in [-0.2, -0.15) is 26.7 Å². The van der Waals surface area contributed by atoms with E-state index < -0.39 is 45.7 Å². The number of halogens is 3. The van der Waals surface area contributed by atoms with Gasteiger partial charge in [0.15, 0.2) is 5.75 Å². The van der Waals surface area contributed by atoms with Crippen molar-refractivity contribution in [2.24, 2.45) is 5.92 Å². The highest BCUT2D eigenvalue weighted by molar-refractivity contribution is 7.87. The number of carbonyl (C=O) groups is 1. The van der Waals surface area contributed by atoms with Gasteiger partial charge < -0.3 is 19.5 Å². The van der Waals surface area contributed by atoms with Crippen molar-refractivity contribution in [3.8, 4) is 28.3 Å². The van der Waals surface area contributed by atoms with Crippen molar-refractivity contribution in [1.82, 2.24) is 15.1 Å². The number of amides is 1. The van der Waals surface area contributed by atoms with Gasteiger partial charge in [0.25, 0.3) is 0 Å². The normalized spacial score (nSPS) is 12.7. The molecule has 14 heteroatoms. The lowest BCUT2D eigenvalue weighted by molar-refractivity contribution is -0.137. The van der Waals surface area contributed by atoms with Crippen LogP contribution in [0.15, 0.2) is 83.8 Å². The molecule has 4 rings (SSSR count). The molecule has 0 radical (unpaired) electrons. The van der Waals surface area contributed by atoms with Crippen LogP contribution in [0, 0.1) is 12.8 Å². The Labute approximate surface area is 247 Å². The van der Waals surface area contributed by atoms with Crippen molar-refractivity contribution in [2.45, 2.75) is 44.3 Å². The van der Waals surface area contributed by atoms with E-state index in [1.54, 1.807) is 26.0 Å². The van der Waals surface area contributed by atoms with Crippen LogP contribution in [0.3, 0.4) is 0 Å². The van der Waals surface area contributed by atoms with Gasteiger partial charge in [-0.25, -0.2) is 0 Å². The Bertz CT molecular complexity index is 1700. The van der Waals surface area contributed by atoms with Crippen molar-refractivity contribution in [3.63, 3.8) is 0 Å². The first-order chi connectivity index (χ1) is 20.2. The summed E-state index contributed by atoms with van der Waals surface area (Å²) >= 11 is 0. The fourth-order valence-corrected chi connectivity index (χ4v) is 5.32. The Morgan fingerprint density at radius 3 is 2.33 bits per heavy atom. The van der Waals surface area contributed by atoms with E-state index in [1.165, 1.54) is 22.9 Å². The second-order valence-electron chi connectivity index (χ2n) is 10.2. The molecule has 0 fully saturated rings. The summed E-state index contributed by atoms with van der Waals surface area (Å²) in [6, 6.07) is 18.2. The van der Waals surface area contributed by atoms with Gasteiger partial charge in [0.1, 0.15) is 11.4 Å². The SMILES string of the molecule is Cc1ccc(-c2cc(-c3ccccc3OS(=O)(=O)c3cccc(C(F)(F)F)c3)nn2CC(=O)NC(B(O)O)C(C)C)cc1. The smallest absolute Gasteiger partial charge is 0.426 e. The van der Waals surface area contributed by atoms with Crippen LogP contribution < -0.4 is 9.50 Å². The number of alkyl halides is 3. The van der Waals surface area contributed by atoms with E-state index in [1.807, 2.05) is 31.2 Å². The maximum absolute atomic E-state index is 13.2. The summed E-state index contributed by atoms with van der Waals surface area (Å²) in [6.45, 7) is 5.03. The first-order valence-electron chi connectivity index (χ1n) is 13.2. The zero-order valence-electron chi connectivity index (χ0n) is 23.4. The number of hydrogen-bond acceptors (Lipinski definition) is 7. The van der Waals surface area contributed by atoms with Crippen LogP contribution in [0.4, 0.5) is 13.2 Å². The molecule has 0 saturated carbocycles. The molecule has 0 aliphatic carbocycles. The minimum atomic E-state index is -4.75. The zero-order chi connectivity index (χ0) is 31.5. The fourth-order valence-electron chi connectivity index (χ4n) is 4.32. The number of nitrogens with one attached hydrogen (secondary N) is 1. The van der Waals surface area contributed by atoms with Crippen LogP contribution in [0.2, 0.25) is 0 Å². The van der Waals surface area contributed by atoms with Crippen molar-refractivity contribution in [1.29, 1.82) is 0 Å². The highest BCUT2D eigenvalue weighted by Gasteiger charge is 2.32. The molecule has 226 valence electrons. The Hall–Kier alpha value is -4.14. The number of nitrogens with zero attached hydrogens (tertiary/aromatic N) is 2. The third kappa shape index (κ3) is 7.64. The number of benzene rings is 3. The summed E-state index contributed by atoms with van der Waals surface area (Å²) in [5, 5.41) is 26.5. The Balaban J connectivity index is 1.73. The summed E-state index contributed by atoms with van der Waals surface area (Å²) in [5.74, 6) is -1.95. The van der Waals surface area contributed by atoms with E-state index in [2.05, 4.69) is 10.4 Å². The van der Waals surface area contributed by atoms with Crippen molar-refractivity contribution in [2.75, 3.05) is 0 Å². The Morgan fingerprint density at radius 1 is 1.02 bits per heavy atom. The number of rotatable bonds is 10. The molecule has 1 atom stereocenters. The van der Waals surface area contributed by atoms with Crippen LogP contribution in [0.5, 0.6) is 5.75 Å². The van der Waals surface area contributed by atoms with E-state index in [4.69, 9.17) is 4.18 Å². The fraction of sp³-hybridized carbons (Fsp3) is 0.241. The van der Waals surface area contributed by atoms with Gasteiger partial charge in [-0.15, -0.1) is 0 Å². The molecule has 0 aliphatic rings. The Morgan fingerprint density at radius 2 is 1.70 bits per heavy atom. The van der Waals surface area contributed by atoms with Crippen LogP contribution in [-0.4, -0.2) is 47.2 Å². The summed E-state index contributed by atoms with van der Waals surface area (Å²) in [4.78, 5) is 12.3. The molecule has 1 amide bonds. The lowest BCUT2D eigenvalue weighted by Crippen LogP contribution is -2.50. The number of aromatic nitrogens is 2. The lowest BCUT2D eigenvalue weighted by atomic mass is 9.73. The third-order valence-electron chi connectivity index (χ3n) is 6.60. The number of carbonyl (C=O) groups excluding carboxylic acids is 1. The predicted octanol–water partition coefficient (Wildman–Crippen LogP) is 4.46. The number of para-hydroxylation sites is 1. The van der Waals surface area contributed by atoms with Gasteiger partial charge in [0, 0.05) is 5.56 Å². The van der Waals surface area contributed by atoms with Crippen LogP contribution in [-0.2, 0) is 27.6 Å². The van der Waals surface area contributed by atoms with E-state index in [-0.39, 0.29) is 29.5 Å². The van der Waals surface area contributed by atoms with Gasteiger partial charge in [0.05, 0.1) is 22.9 Å². The highest BCUT2D eigenvalue weighted by Crippen LogP contribution is 2.35. The summed E-state index contributed by atoms with van der Waals surface area (Å²) in [6.07, 6.45) is -4.75. The van der Waals surface area contributed by atoms with Gasteiger partial charge in [-0.05, 0) is 54.8 Å². The van der Waals surface area contributed by atoms with E-state index in [0.717, 1.165) is 23.8 Å². The highest BCUT2D eigenvalue weighted by atomic mass is 32.2. The molecule has 0 aliphatic heterocycles. The lowest BCUT2D eigenvalue weighted by Gasteiger charge is -2.21. The van der Waals surface area contributed by atoms with Crippen LogP contribution in [0.25, 0.3) is 22.5 Å². The van der Waals surface area contributed by atoms with Crippen molar-refractivity contribution < 1.29 is 40.6 Å². The first-order valence-corrected chi connectivity index (χ1v) is 14.6. The molecular weight excluding hydrogens is 586 g/mol. The summed E-state index contributed by atoms with van der Waals surface area (Å²) in [5.41, 5.74) is 1.46. The monoisotopic (exact) mass is 615 g/mol. The standard InChI is InChI=1S/C29H29BF3N3O6S/c1-18(2)28(30(38)39)34-27(37)17-36-25(20-13-11-19(3)12-14-20)16-24(35-36)23-9-4-5-10-26(23)42-43(40,41)22-8-6-7-21(15-22)29(31,32)33/h4-16,18,28,38-39H,17H2,1-3H3,(H,34,37). The molecule has 0 spiro atoms. The topological polar surface area (TPSA) is 131 Å². The minimum Gasteiger partial charge on any atom is -0.426 e. The third-order valence-corrected chi connectivity index (χ3v) is 7.83. The van der Waals surface area contributed by atoms with Gasteiger partial charge in [-0.1, -0.05) is 61.9 Å². The molecule has 0 saturated heterocycles. The molecule has 3 N–H and O–H groups in total. The second kappa shape index (κ2) is 12.6. The van der Waals surface area contributed by atoms with Crippen molar-refractivity contribution in [3.05, 3.63) is 90.0 Å². The molecule has 1 unspecified atom stereocenters. The maximum Gasteiger partial charge on any atom is 0.475 e. The van der Waals surface area contributed by atoms with E-state index in [9.17, 15) is 36.4 Å². The largest absolute Gasteiger partial charge is 0.475 e. The zero-order valence-corrected chi connectivity index (χ0v) is 24.2. The minimum absolute atomic E-state index is 0.187. The number of hydrogen-bond donors (Lipinski definition) is 3. The van der Waals surface area contributed by atoms with E-state index in [0.29, 0.717) is 17.3 Å². The quantitative estimate of drug-likeness (QED) is 0.177. The average molecular weight is 615 g/mol. The van der Waals surface area contributed by atoms with Gasteiger partial charge in [0.2, 0.25) is 5.91 Å². The molecule has 9 nitrogen and oxygen atoms in total. The van der Waals surface area contributed by atoms with Gasteiger partial charge >= 0.3 is 23.4 Å². The van der Waals surface area contributed by atoms with Gasteiger partial charge in [-0.3, -0.25) is 9.48 Å².